The lowest BCUT2D eigenvalue weighted by Gasteiger charge is -2.32. The van der Waals surface area contributed by atoms with Gasteiger partial charge in [-0.3, -0.25) is 4.79 Å². The molecule has 1 saturated heterocycles. The summed E-state index contributed by atoms with van der Waals surface area (Å²) < 4.78 is 0. The lowest BCUT2D eigenvalue weighted by Crippen LogP contribution is -2.47. The van der Waals surface area contributed by atoms with E-state index in [1.807, 2.05) is 0 Å². The van der Waals surface area contributed by atoms with Gasteiger partial charge in [0.05, 0.1) is 0 Å². The number of benzene rings is 1. The van der Waals surface area contributed by atoms with Crippen LogP contribution < -0.4 is 5.32 Å². The van der Waals surface area contributed by atoms with Crippen LogP contribution in [0.5, 0.6) is 0 Å². The molecule has 0 aromatic heterocycles. The predicted molar refractivity (Wildman–Crippen MR) is 70.2 cm³/mol. The summed E-state index contributed by atoms with van der Waals surface area (Å²) in [6, 6.07) is 6.23. The highest BCUT2D eigenvalue weighted by Gasteiger charge is 2.28. The highest BCUT2D eigenvalue weighted by Crippen LogP contribution is 2.21. The Balaban J connectivity index is 2.07. The summed E-state index contributed by atoms with van der Waals surface area (Å²) in [4.78, 5) is 12.2. The Morgan fingerprint density at radius 1 is 1.35 bits per heavy atom. The third kappa shape index (κ3) is 2.58. The van der Waals surface area contributed by atoms with Crippen molar-refractivity contribution in [2.45, 2.75) is 27.2 Å². The van der Waals surface area contributed by atoms with Gasteiger partial charge in [-0.25, -0.2) is 0 Å². The van der Waals surface area contributed by atoms with Gasteiger partial charge in [-0.1, -0.05) is 25.1 Å². The largest absolute Gasteiger partial charge is 0.316 e. The van der Waals surface area contributed by atoms with Crippen molar-refractivity contribution in [1.82, 2.24) is 5.32 Å². The summed E-state index contributed by atoms with van der Waals surface area (Å²) >= 11 is 0. The molecule has 1 aliphatic rings. The second kappa shape index (κ2) is 5.01. The molecule has 1 aromatic rings. The SMILES string of the molecule is Cc1cccc(C)c1CC(=O)C(C)C1CNC1. The van der Waals surface area contributed by atoms with Gasteiger partial charge in [0, 0.05) is 12.3 Å². The molecular weight excluding hydrogens is 210 g/mol. The van der Waals surface area contributed by atoms with Crippen LogP contribution in [0.2, 0.25) is 0 Å². The van der Waals surface area contributed by atoms with Gasteiger partial charge in [0.1, 0.15) is 5.78 Å². The Morgan fingerprint density at radius 2 is 1.94 bits per heavy atom. The van der Waals surface area contributed by atoms with Crippen LogP contribution in [0, 0.1) is 25.7 Å². The molecule has 1 aromatic carbocycles. The first-order valence-electron chi connectivity index (χ1n) is 6.38. The lowest BCUT2D eigenvalue weighted by molar-refractivity contribution is -0.123. The molecule has 0 bridgehead atoms. The maximum atomic E-state index is 12.2. The normalized spacial score (nSPS) is 17.6. The summed E-state index contributed by atoms with van der Waals surface area (Å²) in [7, 11) is 0. The van der Waals surface area contributed by atoms with Crippen molar-refractivity contribution in [3.8, 4) is 0 Å². The fourth-order valence-electron chi connectivity index (χ4n) is 2.39. The van der Waals surface area contributed by atoms with Crippen LogP contribution in [0.4, 0.5) is 0 Å². The highest BCUT2D eigenvalue weighted by molar-refractivity contribution is 5.84. The molecule has 2 nitrogen and oxygen atoms in total. The minimum Gasteiger partial charge on any atom is -0.316 e. The fourth-order valence-corrected chi connectivity index (χ4v) is 2.39. The zero-order valence-electron chi connectivity index (χ0n) is 10.9. The molecule has 1 fully saturated rings. The van der Waals surface area contributed by atoms with E-state index in [1.165, 1.54) is 16.7 Å². The number of nitrogens with one attached hydrogen (secondary N) is 1. The van der Waals surface area contributed by atoms with Gasteiger partial charge >= 0.3 is 0 Å². The molecule has 0 saturated carbocycles. The standard InChI is InChI=1S/C15H21NO/c1-10-5-4-6-11(2)14(10)7-15(17)12(3)13-8-16-9-13/h4-6,12-13,16H,7-9H2,1-3H3. The first-order valence-corrected chi connectivity index (χ1v) is 6.38. The molecule has 2 heteroatoms. The van der Waals surface area contributed by atoms with Crippen molar-refractivity contribution in [3.63, 3.8) is 0 Å². The number of aryl methyl sites for hydroxylation is 2. The van der Waals surface area contributed by atoms with E-state index in [9.17, 15) is 4.79 Å². The molecule has 1 N–H and O–H groups in total. The van der Waals surface area contributed by atoms with Crippen LogP contribution in [0.3, 0.4) is 0 Å². The van der Waals surface area contributed by atoms with E-state index in [0.29, 0.717) is 18.1 Å². The van der Waals surface area contributed by atoms with Crippen LogP contribution in [-0.4, -0.2) is 18.9 Å². The van der Waals surface area contributed by atoms with E-state index in [1.54, 1.807) is 0 Å². The van der Waals surface area contributed by atoms with Gasteiger partial charge in [0.15, 0.2) is 0 Å². The molecule has 1 unspecified atom stereocenters. The van der Waals surface area contributed by atoms with Gasteiger partial charge in [-0.15, -0.1) is 0 Å². The van der Waals surface area contributed by atoms with Crippen LogP contribution in [-0.2, 0) is 11.2 Å². The number of ketones is 1. The van der Waals surface area contributed by atoms with Crippen LogP contribution in [0.25, 0.3) is 0 Å². The number of hydrogen-bond acceptors (Lipinski definition) is 2. The number of rotatable bonds is 4. The van der Waals surface area contributed by atoms with E-state index in [0.717, 1.165) is 13.1 Å². The Labute approximate surface area is 103 Å². The Bertz CT molecular complexity index is 401. The van der Waals surface area contributed by atoms with Gasteiger partial charge in [0.2, 0.25) is 0 Å². The average molecular weight is 231 g/mol. The highest BCUT2D eigenvalue weighted by atomic mass is 16.1. The van der Waals surface area contributed by atoms with Gasteiger partial charge in [-0.2, -0.15) is 0 Å². The minimum atomic E-state index is 0.190. The maximum absolute atomic E-state index is 12.2. The molecule has 17 heavy (non-hydrogen) atoms. The van der Waals surface area contributed by atoms with Crippen molar-refractivity contribution in [2.75, 3.05) is 13.1 Å². The third-order valence-corrected chi connectivity index (χ3v) is 4.02. The van der Waals surface area contributed by atoms with Crippen molar-refractivity contribution in [2.24, 2.45) is 11.8 Å². The van der Waals surface area contributed by atoms with Crippen molar-refractivity contribution < 1.29 is 4.79 Å². The number of carbonyl (C=O) groups is 1. The Kier molecular flexibility index (Phi) is 3.63. The quantitative estimate of drug-likeness (QED) is 0.861. The molecule has 1 heterocycles. The van der Waals surface area contributed by atoms with E-state index in [-0.39, 0.29) is 5.92 Å². The summed E-state index contributed by atoms with van der Waals surface area (Å²) in [6.45, 7) is 8.25. The zero-order valence-corrected chi connectivity index (χ0v) is 10.9. The summed E-state index contributed by atoms with van der Waals surface area (Å²) in [5.41, 5.74) is 3.69. The molecule has 0 radical (unpaired) electrons. The van der Waals surface area contributed by atoms with Gasteiger partial charge in [0.25, 0.3) is 0 Å². The smallest absolute Gasteiger partial charge is 0.140 e. The fraction of sp³-hybridized carbons (Fsp3) is 0.533. The molecule has 1 atom stereocenters. The molecule has 0 spiro atoms. The van der Waals surface area contributed by atoms with E-state index in [4.69, 9.17) is 0 Å². The van der Waals surface area contributed by atoms with Crippen molar-refractivity contribution in [1.29, 1.82) is 0 Å². The molecule has 0 aliphatic carbocycles. The monoisotopic (exact) mass is 231 g/mol. The van der Waals surface area contributed by atoms with E-state index in [2.05, 4.69) is 44.3 Å². The average Bonchev–Trinajstić information content (AvgIpc) is 2.21. The van der Waals surface area contributed by atoms with E-state index >= 15 is 0 Å². The van der Waals surface area contributed by atoms with E-state index < -0.39 is 0 Å². The number of Topliss-reactive ketones (excluding diaryl/α,β-unsaturated/α-hetero) is 1. The first-order chi connectivity index (χ1) is 8.09. The first kappa shape index (κ1) is 12.3. The number of carbonyl (C=O) groups excluding carboxylic acids is 1. The third-order valence-electron chi connectivity index (χ3n) is 4.02. The van der Waals surface area contributed by atoms with Crippen LogP contribution in [0.15, 0.2) is 18.2 Å². The summed E-state index contributed by atoms with van der Waals surface area (Å²) in [5.74, 6) is 1.12. The van der Waals surface area contributed by atoms with Gasteiger partial charge in [-0.05, 0) is 49.5 Å². The predicted octanol–water partition coefficient (Wildman–Crippen LogP) is 2.27. The molecule has 92 valence electrons. The molecule has 2 rings (SSSR count). The van der Waals surface area contributed by atoms with Crippen LogP contribution in [0.1, 0.15) is 23.6 Å². The Hall–Kier alpha value is -1.15. The van der Waals surface area contributed by atoms with Crippen LogP contribution >= 0.6 is 0 Å². The Morgan fingerprint density at radius 3 is 2.41 bits per heavy atom. The van der Waals surface area contributed by atoms with Crippen molar-refractivity contribution >= 4 is 5.78 Å². The zero-order chi connectivity index (χ0) is 12.4. The number of hydrogen-bond donors (Lipinski definition) is 1. The summed E-state index contributed by atoms with van der Waals surface area (Å²) in [6.07, 6.45) is 0.593. The lowest BCUT2D eigenvalue weighted by atomic mass is 9.83. The topological polar surface area (TPSA) is 29.1 Å². The molecule has 1 aliphatic heterocycles. The maximum Gasteiger partial charge on any atom is 0.140 e. The molecule has 0 amide bonds. The van der Waals surface area contributed by atoms with Gasteiger partial charge < -0.3 is 5.32 Å². The van der Waals surface area contributed by atoms with Crippen molar-refractivity contribution in [3.05, 3.63) is 34.9 Å². The second-order valence-corrected chi connectivity index (χ2v) is 5.22. The second-order valence-electron chi connectivity index (χ2n) is 5.22. The minimum absolute atomic E-state index is 0.190. The molecular formula is C15H21NO. The summed E-state index contributed by atoms with van der Waals surface area (Å²) in [5, 5.41) is 3.23.